The van der Waals surface area contributed by atoms with Crippen molar-refractivity contribution in [3.05, 3.63) is 0 Å². The summed E-state index contributed by atoms with van der Waals surface area (Å²) in [5.41, 5.74) is -1.39. The summed E-state index contributed by atoms with van der Waals surface area (Å²) in [5.74, 6) is 0.108. The van der Waals surface area contributed by atoms with Gasteiger partial charge in [-0.15, -0.1) is 0 Å². The van der Waals surface area contributed by atoms with Crippen LogP contribution in [0.1, 0.15) is 99.8 Å². The first kappa shape index (κ1) is 30.9. The average Bonchev–Trinajstić information content (AvgIpc) is 3.45. The van der Waals surface area contributed by atoms with E-state index in [4.69, 9.17) is 18.9 Å². The molecule has 9 heteroatoms. The van der Waals surface area contributed by atoms with E-state index in [0.717, 1.165) is 44.9 Å². The number of hydrogen-bond acceptors (Lipinski definition) is 9. The van der Waals surface area contributed by atoms with Crippen LogP contribution >= 0.6 is 0 Å². The number of rotatable bonds is 3. The van der Waals surface area contributed by atoms with Crippen molar-refractivity contribution >= 4 is 0 Å². The third-order valence-electron chi connectivity index (χ3n) is 15.9. The van der Waals surface area contributed by atoms with Gasteiger partial charge in [0.2, 0.25) is 0 Å². The van der Waals surface area contributed by atoms with Gasteiger partial charge >= 0.3 is 0 Å². The van der Waals surface area contributed by atoms with E-state index in [2.05, 4.69) is 34.6 Å². The first-order valence-corrected chi connectivity index (χ1v) is 17.5. The predicted octanol–water partition coefficient (Wildman–Crippen LogP) is 3.12. The monoisotopic (exact) mass is 620 g/mol. The molecule has 3 aliphatic heterocycles. The van der Waals surface area contributed by atoms with Gasteiger partial charge in [-0.3, -0.25) is 0 Å². The fourth-order valence-electron chi connectivity index (χ4n) is 14.0. The van der Waals surface area contributed by atoms with Crippen LogP contribution in [0.25, 0.3) is 0 Å². The molecule has 0 aromatic carbocycles. The van der Waals surface area contributed by atoms with Gasteiger partial charge in [-0.1, -0.05) is 34.6 Å². The molecule has 5 aliphatic carbocycles. The van der Waals surface area contributed by atoms with Crippen LogP contribution in [0.3, 0.4) is 0 Å². The summed E-state index contributed by atoms with van der Waals surface area (Å²) in [6.45, 7) is 15.2. The molecule has 5 saturated carbocycles. The lowest BCUT2D eigenvalue weighted by atomic mass is 9.41. The number of ether oxygens (including phenoxy) is 4. The summed E-state index contributed by atoms with van der Waals surface area (Å²) in [6, 6.07) is 0. The first-order valence-electron chi connectivity index (χ1n) is 17.5. The quantitative estimate of drug-likeness (QED) is 0.301. The molecule has 8 rings (SSSR count). The largest absolute Gasteiger partial charge is 0.388 e. The summed E-state index contributed by atoms with van der Waals surface area (Å²) in [5, 5.41) is 54.5. The van der Waals surface area contributed by atoms with Crippen molar-refractivity contribution in [1.82, 2.24) is 0 Å². The minimum atomic E-state index is -1.28. The van der Waals surface area contributed by atoms with Crippen LogP contribution in [0.5, 0.6) is 0 Å². The van der Waals surface area contributed by atoms with E-state index in [-0.39, 0.29) is 51.8 Å². The van der Waals surface area contributed by atoms with E-state index in [1.807, 2.05) is 0 Å². The van der Waals surface area contributed by atoms with Crippen molar-refractivity contribution in [2.45, 2.75) is 160 Å². The van der Waals surface area contributed by atoms with E-state index in [1.165, 1.54) is 6.42 Å². The second-order valence-corrected chi connectivity index (χ2v) is 18.3. The summed E-state index contributed by atoms with van der Waals surface area (Å²) >= 11 is 0. The topological polar surface area (TPSA) is 138 Å². The van der Waals surface area contributed by atoms with Gasteiger partial charge in [0.15, 0.2) is 12.1 Å². The number of aliphatic hydroxyl groups excluding tert-OH is 4. The van der Waals surface area contributed by atoms with Crippen molar-refractivity contribution in [2.75, 3.05) is 6.61 Å². The molecule has 0 aromatic heterocycles. The molecule has 5 N–H and O–H groups in total. The van der Waals surface area contributed by atoms with Gasteiger partial charge < -0.3 is 44.5 Å². The van der Waals surface area contributed by atoms with Crippen LogP contribution in [0, 0.1) is 50.7 Å². The lowest BCUT2D eigenvalue weighted by molar-refractivity contribution is -0.303. The second-order valence-electron chi connectivity index (χ2n) is 18.3. The molecule has 9 nitrogen and oxygen atoms in total. The molecule has 2 bridgehead atoms. The van der Waals surface area contributed by atoms with Gasteiger partial charge in [0.1, 0.15) is 30.5 Å². The third kappa shape index (κ3) is 3.38. The van der Waals surface area contributed by atoms with Gasteiger partial charge in [0, 0.05) is 11.3 Å². The molecular formula is C35H56O9. The van der Waals surface area contributed by atoms with E-state index in [0.29, 0.717) is 17.8 Å². The maximum atomic E-state index is 12.7. The minimum absolute atomic E-state index is 0.0559. The Morgan fingerprint density at radius 1 is 0.841 bits per heavy atom. The van der Waals surface area contributed by atoms with Crippen LogP contribution < -0.4 is 0 Å². The molecule has 0 amide bonds. The molecule has 3 saturated heterocycles. The van der Waals surface area contributed by atoms with Gasteiger partial charge in [-0.05, 0) is 105 Å². The number of fused-ring (bicyclic) bond motifs is 4. The van der Waals surface area contributed by atoms with Crippen molar-refractivity contribution in [3.63, 3.8) is 0 Å². The molecule has 44 heavy (non-hydrogen) atoms. The highest BCUT2D eigenvalue weighted by Gasteiger charge is 2.88. The van der Waals surface area contributed by atoms with Crippen LogP contribution in [0.4, 0.5) is 0 Å². The fraction of sp³-hybridized carbons (Fsp3) is 1.00. The highest BCUT2D eigenvalue weighted by Crippen LogP contribution is 2.90. The summed E-state index contributed by atoms with van der Waals surface area (Å²) < 4.78 is 25.8. The lowest BCUT2D eigenvalue weighted by Crippen LogP contribution is -2.61. The van der Waals surface area contributed by atoms with E-state index in [9.17, 15) is 25.5 Å². The smallest absolute Gasteiger partial charge is 0.199 e. The Morgan fingerprint density at radius 3 is 2.23 bits per heavy atom. The van der Waals surface area contributed by atoms with Gasteiger partial charge in [0.05, 0.1) is 24.4 Å². The highest BCUT2D eigenvalue weighted by atomic mass is 16.8. The normalized spacial score (nSPS) is 62.2. The molecule has 3 heterocycles. The van der Waals surface area contributed by atoms with Gasteiger partial charge in [-0.2, -0.15) is 0 Å². The molecule has 0 aromatic rings. The molecule has 0 unspecified atom stereocenters. The third-order valence-corrected chi connectivity index (χ3v) is 15.9. The van der Waals surface area contributed by atoms with Crippen LogP contribution in [-0.4, -0.2) is 92.5 Å². The van der Waals surface area contributed by atoms with Crippen molar-refractivity contribution in [1.29, 1.82) is 0 Å². The van der Waals surface area contributed by atoms with Crippen LogP contribution in [0.15, 0.2) is 0 Å². The molecular weight excluding hydrogens is 564 g/mol. The second kappa shape index (κ2) is 9.00. The van der Waals surface area contributed by atoms with Crippen molar-refractivity contribution < 1.29 is 44.5 Å². The fourth-order valence-corrected chi connectivity index (χ4v) is 14.0. The number of hydrogen-bond donors (Lipinski definition) is 5. The number of aliphatic hydroxyl groups is 5. The Balaban J connectivity index is 1.10. The van der Waals surface area contributed by atoms with Crippen molar-refractivity contribution in [2.24, 2.45) is 50.7 Å². The molecule has 8 fully saturated rings. The first-order chi connectivity index (χ1) is 20.4. The Hall–Kier alpha value is -0.360. The zero-order valence-electron chi connectivity index (χ0n) is 27.7. The standard InChI is InChI=1S/C35H56O9/c1-17-14-19-26(30(4,5)40)44-35(43-19)25(17)31(6)12-13-34-16-33(34)11-10-22(42-27-24(38)23(37)18(36)15-41-27)29(2,3)20(33)8-9-21(34)32(31,7)28(35)39/h17-28,36-40H,8-16H2,1-7H3/t17-,18+,19-,20+,21+,22+,23+,24-,25-,26+,27+,28-,31-,32-,33-,34+,35+/m0/s1. The molecule has 8 aliphatic rings. The van der Waals surface area contributed by atoms with Crippen LogP contribution in [-0.2, 0) is 18.9 Å². The highest BCUT2D eigenvalue weighted by molar-refractivity contribution is 5.34. The van der Waals surface area contributed by atoms with E-state index in [1.54, 1.807) is 13.8 Å². The SMILES string of the molecule is C[C@H]1C[C@@H]2O[C@]3(O[C@H]2C(C)(C)O)[C@@H](O)[C@]2(C)[C@H]4CC[C@@H]5C(C)(C)[C@H](O[C@H]6OC[C@@H](O)[C@@H](O)[C@@H]6O)CC[C@]56C[C@]46CC[C@@]2(C)[C@H]13. The van der Waals surface area contributed by atoms with Gasteiger partial charge in [0.25, 0.3) is 0 Å². The molecule has 3 spiro atoms. The summed E-state index contributed by atoms with van der Waals surface area (Å²) in [7, 11) is 0. The Morgan fingerprint density at radius 2 is 1.52 bits per heavy atom. The molecule has 17 atom stereocenters. The maximum absolute atomic E-state index is 12.7. The Kier molecular flexibility index (Phi) is 6.33. The van der Waals surface area contributed by atoms with Crippen molar-refractivity contribution in [3.8, 4) is 0 Å². The van der Waals surface area contributed by atoms with Gasteiger partial charge in [-0.25, -0.2) is 0 Å². The summed E-state index contributed by atoms with van der Waals surface area (Å²) in [6.07, 6.45) is 2.00. The minimum Gasteiger partial charge on any atom is -0.388 e. The Bertz CT molecular complexity index is 1200. The predicted molar refractivity (Wildman–Crippen MR) is 159 cm³/mol. The zero-order chi connectivity index (χ0) is 31.6. The average molecular weight is 621 g/mol. The van der Waals surface area contributed by atoms with E-state index >= 15 is 0 Å². The van der Waals surface area contributed by atoms with Crippen LogP contribution in [0.2, 0.25) is 0 Å². The zero-order valence-corrected chi connectivity index (χ0v) is 27.7. The molecule has 0 radical (unpaired) electrons. The maximum Gasteiger partial charge on any atom is 0.199 e. The van der Waals surface area contributed by atoms with E-state index < -0.39 is 48.2 Å². The molecule has 250 valence electrons. The lowest BCUT2D eigenvalue weighted by Gasteiger charge is -2.63. The summed E-state index contributed by atoms with van der Waals surface area (Å²) in [4.78, 5) is 0. The Labute approximate surface area is 262 Å².